The van der Waals surface area contributed by atoms with Gasteiger partial charge in [-0.3, -0.25) is 0 Å². The van der Waals surface area contributed by atoms with Gasteiger partial charge in [-0.15, -0.1) is 0 Å². The van der Waals surface area contributed by atoms with Gasteiger partial charge in [0.05, 0.1) is 23.6 Å². The summed E-state index contributed by atoms with van der Waals surface area (Å²) in [6, 6.07) is 3.33. The first-order valence-corrected chi connectivity index (χ1v) is 9.33. The lowest BCUT2D eigenvalue weighted by molar-refractivity contribution is -0.0241. The van der Waals surface area contributed by atoms with Crippen LogP contribution in [0.5, 0.6) is 0 Å². The van der Waals surface area contributed by atoms with E-state index in [0.717, 1.165) is 19.3 Å². The molecule has 2 atom stereocenters. The Kier molecular flexibility index (Phi) is 4.02. The number of hydrogen-bond donors (Lipinski definition) is 1. The molecule has 1 saturated heterocycles. The van der Waals surface area contributed by atoms with Crippen molar-refractivity contribution < 1.29 is 13.2 Å². The molecule has 2 unspecified atom stereocenters. The van der Waals surface area contributed by atoms with Crippen LogP contribution in [0.25, 0.3) is 0 Å². The van der Waals surface area contributed by atoms with Crippen LogP contribution in [0, 0.1) is 6.92 Å². The van der Waals surface area contributed by atoms with Gasteiger partial charge in [-0.25, -0.2) is 8.42 Å². The first-order valence-electron chi connectivity index (χ1n) is 7.10. The van der Waals surface area contributed by atoms with Crippen LogP contribution in [-0.2, 0) is 14.8 Å². The van der Waals surface area contributed by atoms with E-state index in [-0.39, 0.29) is 12.1 Å². The summed E-state index contributed by atoms with van der Waals surface area (Å²) in [4.78, 5) is 0.293. The number of morpholine rings is 1. The molecule has 2 N–H and O–H groups in total. The topological polar surface area (TPSA) is 72.6 Å². The fourth-order valence-corrected chi connectivity index (χ4v) is 5.83. The van der Waals surface area contributed by atoms with E-state index in [4.69, 9.17) is 10.5 Å². The number of benzene rings is 1. The average Bonchev–Trinajstić information content (AvgIpc) is 2.90. The highest BCUT2D eigenvalue weighted by molar-refractivity contribution is 9.10. The van der Waals surface area contributed by atoms with Crippen molar-refractivity contribution in [3.63, 3.8) is 0 Å². The van der Waals surface area contributed by atoms with Gasteiger partial charge in [-0.05, 0) is 43.9 Å². The molecule has 1 aliphatic heterocycles. The Labute approximate surface area is 133 Å². The van der Waals surface area contributed by atoms with E-state index in [1.54, 1.807) is 23.4 Å². The number of hydrogen-bond acceptors (Lipinski definition) is 4. The summed E-state index contributed by atoms with van der Waals surface area (Å²) in [5.74, 6) is 0. The maximum absolute atomic E-state index is 13.0. The summed E-state index contributed by atoms with van der Waals surface area (Å²) in [5.41, 5.74) is 7.01. The third-order valence-corrected chi connectivity index (χ3v) is 6.89. The van der Waals surface area contributed by atoms with Crippen LogP contribution >= 0.6 is 15.9 Å². The predicted molar refractivity (Wildman–Crippen MR) is 84.6 cm³/mol. The van der Waals surface area contributed by atoms with Crippen molar-refractivity contribution in [3.8, 4) is 0 Å². The van der Waals surface area contributed by atoms with Crippen molar-refractivity contribution in [2.45, 2.75) is 43.2 Å². The molecule has 1 aromatic rings. The zero-order chi connectivity index (χ0) is 15.2. The van der Waals surface area contributed by atoms with E-state index in [9.17, 15) is 8.42 Å². The third-order valence-electron chi connectivity index (χ3n) is 4.38. The molecule has 116 valence electrons. The number of nitrogens with two attached hydrogens (primary N) is 1. The van der Waals surface area contributed by atoms with Gasteiger partial charge in [0.1, 0.15) is 0 Å². The van der Waals surface area contributed by atoms with Crippen molar-refractivity contribution in [3.05, 3.63) is 22.2 Å². The molecule has 1 aromatic carbocycles. The SMILES string of the molecule is Cc1c(N)cc(Br)cc1S(=O)(=O)N1CCOC2CCCC21. The Morgan fingerprint density at radius 2 is 2.14 bits per heavy atom. The molecule has 0 aromatic heterocycles. The van der Waals surface area contributed by atoms with Crippen molar-refractivity contribution in [2.75, 3.05) is 18.9 Å². The van der Waals surface area contributed by atoms with Crippen molar-refractivity contribution >= 4 is 31.6 Å². The highest BCUT2D eigenvalue weighted by Crippen LogP contribution is 2.35. The first-order chi connectivity index (χ1) is 9.91. The number of ether oxygens (including phenoxy) is 1. The summed E-state index contributed by atoms with van der Waals surface area (Å²) in [6.07, 6.45) is 2.86. The van der Waals surface area contributed by atoms with Gasteiger partial charge in [0, 0.05) is 16.7 Å². The lowest BCUT2D eigenvalue weighted by Gasteiger charge is -2.36. The molecule has 0 spiro atoms. The molecule has 1 aliphatic carbocycles. The smallest absolute Gasteiger partial charge is 0.243 e. The minimum absolute atomic E-state index is 0.0386. The van der Waals surface area contributed by atoms with E-state index < -0.39 is 10.0 Å². The van der Waals surface area contributed by atoms with Crippen LogP contribution in [0.1, 0.15) is 24.8 Å². The number of fused-ring (bicyclic) bond motifs is 1. The second-order valence-corrected chi connectivity index (χ2v) is 8.42. The van der Waals surface area contributed by atoms with Crippen LogP contribution in [0.4, 0.5) is 5.69 Å². The minimum atomic E-state index is -3.55. The van der Waals surface area contributed by atoms with Crippen molar-refractivity contribution in [1.82, 2.24) is 4.31 Å². The number of halogens is 1. The zero-order valence-corrected chi connectivity index (χ0v) is 14.3. The maximum Gasteiger partial charge on any atom is 0.243 e. The largest absolute Gasteiger partial charge is 0.398 e. The molecule has 5 nitrogen and oxygen atoms in total. The Balaban J connectivity index is 2.04. The Bertz CT molecular complexity index is 662. The number of nitrogen functional groups attached to an aromatic ring is 1. The average molecular weight is 375 g/mol. The maximum atomic E-state index is 13.0. The molecule has 0 bridgehead atoms. The number of anilines is 1. The Morgan fingerprint density at radius 3 is 2.90 bits per heavy atom. The third kappa shape index (κ3) is 2.60. The number of nitrogens with zero attached hydrogens (tertiary/aromatic N) is 1. The molecule has 1 saturated carbocycles. The van der Waals surface area contributed by atoms with Gasteiger partial charge >= 0.3 is 0 Å². The monoisotopic (exact) mass is 374 g/mol. The lowest BCUT2D eigenvalue weighted by atomic mass is 10.2. The summed E-state index contributed by atoms with van der Waals surface area (Å²) >= 11 is 3.33. The Morgan fingerprint density at radius 1 is 1.38 bits per heavy atom. The van der Waals surface area contributed by atoms with Gasteiger partial charge in [0.2, 0.25) is 10.0 Å². The molecule has 3 rings (SSSR count). The summed E-state index contributed by atoms with van der Waals surface area (Å²) in [6.45, 7) is 2.62. The fraction of sp³-hybridized carbons (Fsp3) is 0.571. The van der Waals surface area contributed by atoms with Crippen LogP contribution in [0.2, 0.25) is 0 Å². The predicted octanol–water partition coefficient (Wildman–Crippen LogP) is 2.28. The van der Waals surface area contributed by atoms with Gasteiger partial charge < -0.3 is 10.5 Å². The lowest BCUT2D eigenvalue weighted by Crippen LogP contribution is -2.51. The zero-order valence-electron chi connectivity index (χ0n) is 11.9. The quantitative estimate of drug-likeness (QED) is 0.805. The highest BCUT2D eigenvalue weighted by atomic mass is 79.9. The second kappa shape index (κ2) is 5.53. The van der Waals surface area contributed by atoms with Crippen LogP contribution < -0.4 is 5.73 Å². The summed E-state index contributed by atoms with van der Waals surface area (Å²) in [7, 11) is -3.55. The van der Waals surface area contributed by atoms with E-state index in [2.05, 4.69) is 15.9 Å². The highest BCUT2D eigenvalue weighted by Gasteiger charge is 2.42. The summed E-state index contributed by atoms with van der Waals surface area (Å²) in [5, 5.41) is 0. The van der Waals surface area contributed by atoms with Crippen LogP contribution in [0.3, 0.4) is 0 Å². The summed E-state index contributed by atoms with van der Waals surface area (Å²) < 4.78 is 34.1. The van der Waals surface area contributed by atoms with E-state index in [1.165, 1.54) is 0 Å². The minimum Gasteiger partial charge on any atom is -0.398 e. The molecular formula is C14H19BrN2O3S. The number of sulfonamides is 1. The molecule has 2 fully saturated rings. The molecule has 2 aliphatic rings. The Hall–Kier alpha value is -0.630. The van der Waals surface area contributed by atoms with Crippen molar-refractivity contribution in [1.29, 1.82) is 0 Å². The molecule has 0 radical (unpaired) electrons. The van der Waals surface area contributed by atoms with Crippen LogP contribution in [-0.4, -0.2) is 38.0 Å². The van der Waals surface area contributed by atoms with E-state index >= 15 is 0 Å². The van der Waals surface area contributed by atoms with Gasteiger partial charge in [-0.2, -0.15) is 4.31 Å². The van der Waals surface area contributed by atoms with Gasteiger partial charge in [0.15, 0.2) is 0 Å². The van der Waals surface area contributed by atoms with E-state index in [0.29, 0.717) is 33.8 Å². The molecule has 21 heavy (non-hydrogen) atoms. The van der Waals surface area contributed by atoms with Crippen LogP contribution in [0.15, 0.2) is 21.5 Å². The standard InChI is InChI=1S/C14H19BrN2O3S/c1-9-11(16)7-10(15)8-14(9)21(18,19)17-5-6-20-13-4-2-3-12(13)17/h7-8,12-13H,2-6,16H2,1H3. The molecule has 1 heterocycles. The molecule has 7 heteroatoms. The first kappa shape index (κ1) is 15.3. The van der Waals surface area contributed by atoms with Crippen molar-refractivity contribution in [2.24, 2.45) is 0 Å². The van der Waals surface area contributed by atoms with E-state index in [1.807, 2.05) is 0 Å². The van der Waals surface area contributed by atoms with Gasteiger partial charge in [-0.1, -0.05) is 15.9 Å². The molecular weight excluding hydrogens is 356 g/mol. The second-order valence-electron chi connectivity index (χ2n) is 5.64. The normalized spacial score (nSPS) is 26.8. The fourth-order valence-electron chi connectivity index (χ4n) is 3.26. The van der Waals surface area contributed by atoms with Gasteiger partial charge in [0.25, 0.3) is 0 Å². The number of rotatable bonds is 2. The molecule has 0 amide bonds.